The Kier molecular flexibility index (Phi) is 2.06. The maximum atomic E-state index is 10.8. The first kappa shape index (κ1) is 7.28. The SMILES string of the molecule is COC(=O)C1=CCN(C)C1. The monoisotopic (exact) mass is 141 g/mol. The van der Waals surface area contributed by atoms with Gasteiger partial charge in [0, 0.05) is 18.7 Å². The lowest BCUT2D eigenvalue weighted by molar-refractivity contribution is -0.136. The third-order valence-corrected chi connectivity index (χ3v) is 1.54. The van der Waals surface area contributed by atoms with Crippen molar-refractivity contribution in [2.45, 2.75) is 0 Å². The van der Waals surface area contributed by atoms with Crippen LogP contribution < -0.4 is 0 Å². The number of ether oxygens (including phenoxy) is 1. The van der Waals surface area contributed by atoms with E-state index < -0.39 is 0 Å². The Hall–Kier alpha value is -0.830. The molecule has 1 heterocycles. The fourth-order valence-corrected chi connectivity index (χ4v) is 0.965. The molecule has 0 aliphatic carbocycles. The van der Waals surface area contributed by atoms with E-state index in [0.29, 0.717) is 6.54 Å². The zero-order valence-electron chi connectivity index (χ0n) is 6.26. The summed E-state index contributed by atoms with van der Waals surface area (Å²) in [5, 5.41) is 0. The summed E-state index contributed by atoms with van der Waals surface area (Å²) in [6, 6.07) is 0. The van der Waals surface area contributed by atoms with Crippen LogP contribution in [0.5, 0.6) is 0 Å². The van der Waals surface area contributed by atoms with Crippen molar-refractivity contribution in [3.05, 3.63) is 11.6 Å². The average Bonchev–Trinajstić information content (AvgIpc) is 2.34. The van der Waals surface area contributed by atoms with Crippen LogP contribution in [0.15, 0.2) is 11.6 Å². The quantitative estimate of drug-likeness (QED) is 0.482. The molecule has 0 N–H and O–H groups in total. The molecule has 0 atom stereocenters. The van der Waals surface area contributed by atoms with Gasteiger partial charge in [-0.2, -0.15) is 0 Å². The summed E-state index contributed by atoms with van der Waals surface area (Å²) >= 11 is 0. The zero-order chi connectivity index (χ0) is 7.56. The molecule has 0 bridgehead atoms. The molecule has 0 fully saturated rings. The number of hydrogen-bond acceptors (Lipinski definition) is 3. The molecule has 0 aromatic carbocycles. The molecule has 0 aromatic heterocycles. The molecule has 3 nitrogen and oxygen atoms in total. The molecule has 1 aliphatic heterocycles. The van der Waals surface area contributed by atoms with Crippen LogP contribution in [0.2, 0.25) is 0 Å². The van der Waals surface area contributed by atoms with Gasteiger partial charge in [-0.1, -0.05) is 6.08 Å². The third-order valence-electron chi connectivity index (χ3n) is 1.54. The summed E-state index contributed by atoms with van der Waals surface area (Å²) in [6.07, 6.45) is 1.89. The Balaban J connectivity index is 2.51. The van der Waals surface area contributed by atoms with Gasteiger partial charge in [0.25, 0.3) is 0 Å². The molecule has 3 heteroatoms. The van der Waals surface area contributed by atoms with E-state index in [0.717, 1.165) is 12.1 Å². The van der Waals surface area contributed by atoms with Crippen LogP contribution in [0.4, 0.5) is 0 Å². The topological polar surface area (TPSA) is 29.5 Å². The van der Waals surface area contributed by atoms with Gasteiger partial charge >= 0.3 is 5.97 Å². The van der Waals surface area contributed by atoms with Gasteiger partial charge in [0.2, 0.25) is 0 Å². The minimum atomic E-state index is -0.204. The van der Waals surface area contributed by atoms with Gasteiger partial charge in [-0.15, -0.1) is 0 Å². The van der Waals surface area contributed by atoms with Gasteiger partial charge in [-0.05, 0) is 7.05 Å². The number of nitrogens with zero attached hydrogens (tertiary/aromatic N) is 1. The summed E-state index contributed by atoms with van der Waals surface area (Å²) in [5.74, 6) is -0.204. The van der Waals surface area contributed by atoms with Crippen LogP contribution in [0.1, 0.15) is 0 Å². The summed E-state index contributed by atoms with van der Waals surface area (Å²) < 4.78 is 4.55. The lowest BCUT2D eigenvalue weighted by atomic mass is 10.3. The van der Waals surface area contributed by atoms with Crippen molar-refractivity contribution < 1.29 is 9.53 Å². The van der Waals surface area contributed by atoms with Crippen LogP contribution in [0.25, 0.3) is 0 Å². The number of carbonyl (C=O) groups excluding carboxylic acids is 1. The first-order valence-electron chi connectivity index (χ1n) is 3.20. The molecule has 56 valence electrons. The lowest BCUT2D eigenvalue weighted by Crippen LogP contribution is -2.17. The minimum Gasteiger partial charge on any atom is -0.466 e. The minimum absolute atomic E-state index is 0.204. The molecular weight excluding hydrogens is 130 g/mol. The summed E-state index contributed by atoms with van der Waals surface area (Å²) in [7, 11) is 3.37. The molecule has 0 unspecified atom stereocenters. The van der Waals surface area contributed by atoms with Crippen molar-refractivity contribution in [1.29, 1.82) is 0 Å². The largest absolute Gasteiger partial charge is 0.466 e. The first-order valence-corrected chi connectivity index (χ1v) is 3.20. The number of rotatable bonds is 1. The van der Waals surface area contributed by atoms with Crippen molar-refractivity contribution >= 4 is 5.97 Å². The second kappa shape index (κ2) is 2.84. The second-order valence-electron chi connectivity index (χ2n) is 2.42. The highest BCUT2D eigenvalue weighted by Crippen LogP contribution is 2.07. The maximum Gasteiger partial charge on any atom is 0.334 e. The van der Waals surface area contributed by atoms with Crippen LogP contribution >= 0.6 is 0 Å². The standard InChI is InChI=1S/C7H11NO2/c1-8-4-3-6(5-8)7(9)10-2/h3H,4-5H2,1-2H3. The highest BCUT2D eigenvalue weighted by atomic mass is 16.5. The van der Waals surface area contributed by atoms with Gasteiger partial charge in [-0.25, -0.2) is 4.79 Å². The fourth-order valence-electron chi connectivity index (χ4n) is 0.965. The molecule has 0 amide bonds. The van der Waals surface area contributed by atoms with E-state index in [-0.39, 0.29) is 5.97 Å². The van der Waals surface area contributed by atoms with Gasteiger partial charge in [-0.3, -0.25) is 4.90 Å². The van der Waals surface area contributed by atoms with E-state index in [1.54, 1.807) is 0 Å². The molecular formula is C7H11NO2. The van der Waals surface area contributed by atoms with E-state index in [1.807, 2.05) is 18.0 Å². The summed E-state index contributed by atoms with van der Waals surface area (Å²) in [4.78, 5) is 12.9. The van der Waals surface area contributed by atoms with Gasteiger partial charge in [0.1, 0.15) is 0 Å². The molecule has 1 aliphatic rings. The predicted molar refractivity (Wildman–Crippen MR) is 37.6 cm³/mol. The molecule has 10 heavy (non-hydrogen) atoms. The number of hydrogen-bond donors (Lipinski definition) is 0. The Morgan fingerprint density at radius 3 is 2.90 bits per heavy atom. The summed E-state index contributed by atoms with van der Waals surface area (Å²) in [6.45, 7) is 1.57. The molecule has 0 saturated heterocycles. The smallest absolute Gasteiger partial charge is 0.334 e. The van der Waals surface area contributed by atoms with Gasteiger partial charge in [0.15, 0.2) is 0 Å². The number of methoxy groups -OCH3 is 1. The molecule has 0 radical (unpaired) electrons. The van der Waals surface area contributed by atoms with Gasteiger partial charge < -0.3 is 4.74 Å². The van der Waals surface area contributed by atoms with E-state index >= 15 is 0 Å². The second-order valence-corrected chi connectivity index (χ2v) is 2.42. The van der Waals surface area contributed by atoms with Crippen LogP contribution in [0.3, 0.4) is 0 Å². The highest BCUT2D eigenvalue weighted by molar-refractivity contribution is 5.89. The molecule has 0 aromatic rings. The van der Waals surface area contributed by atoms with Crippen molar-refractivity contribution in [3.8, 4) is 0 Å². The zero-order valence-corrected chi connectivity index (χ0v) is 6.26. The predicted octanol–water partition coefficient (Wildman–Crippen LogP) is 0.0312. The summed E-state index contributed by atoms with van der Waals surface area (Å²) in [5.41, 5.74) is 0.769. The molecule has 1 rings (SSSR count). The first-order chi connectivity index (χ1) is 4.74. The van der Waals surface area contributed by atoms with Crippen molar-refractivity contribution in [2.75, 3.05) is 27.2 Å². The fraction of sp³-hybridized carbons (Fsp3) is 0.571. The van der Waals surface area contributed by atoms with Crippen LogP contribution in [-0.4, -0.2) is 38.1 Å². The Bertz CT molecular complexity index is 174. The maximum absolute atomic E-state index is 10.8. The van der Waals surface area contributed by atoms with E-state index in [2.05, 4.69) is 4.74 Å². The Labute approximate surface area is 60.3 Å². The van der Waals surface area contributed by atoms with E-state index in [4.69, 9.17) is 0 Å². The third kappa shape index (κ3) is 1.36. The van der Waals surface area contributed by atoms with Gasteiger partial charge in [0.05, 0.1) is 7.11 Å². The number of carbonyl (C=O) groups is 1. The number of likely N-dealkylation sites (N-methyl/N-ethyl adjacent to an activating group) is 1. The van der Waals surface area contributed by atoms with E-state index in [1.165, 1.54) is 7.11 Å². The van der Waals surface area contributed by atoms with Crippen LogP contribution in [0, 0.1) is 0 Å². The molecule has 0 spiro atoms. The Morgan fingerprint density at radius 2 is 2.50 bits per heavy atom. The highest BCUT2D eigenvalue weighted by Gasteiger charge is 2.16. The van der Waals surface area contributed by atoms with E-state index in [9.17, 15) is 4.79 Å². The van der Waals surface area contributed by atoms with Crippen LogP contribution in [-0.2, 0) is 9.53 Å². The van der Waals surface area contributed by atoms with Crippen molar-refractivity contribution in [3.63, 3.8) is 0 Å². The van der Waals surface area contributed by atoms with Crippen molar-refractivity contribution in [2.24, 2.45) is 0 Å². The lowest BCUT2D eigenvalue weighted by Gasteiger charge is -2.05. The normalized spacial score (nSPS) is 18.8. The number of esters is 1. The molecule has 0 saturated carbocycles. The Morgan fingerprint density at radius 1 is 1.80 bits per heavy atom. The van der Waals surface area contributed by atoms with Crippen molar-refractivity contribution in [1.82, 2.24) is 4.90 Å². The average molecular weight is 141 g/mol.